The Balaban J connectivity index is 1.60. The molecule has 2 aromatic carbocycles. The Labute approximate surface area is 182 Å². The monoisotopic (exact) mass is 433 g/mol. The molecule has 7 heteroatoms. The maximum atomic E-state index is 13.1. The number of carbonyl (C=O) groups excluding carboxylic acids is 1. The molecular formula is C23H19N3O2S2. The lowest BCUT2D eigenvalue weighted by atomic mass is 10.1. The quantitative estimate of drug-likeness (QED) is 0.328. The predicted octanol–water partition coefficient (Wildman–Crippen LogP) is 5.04. The first-order valence-corrected chi connectivity index (χ1v) is 11.2. The minimum absolute atomic E-state index is 0.105. The third-order valence-electron chi connectivity index (χ3n) is 4.48. The SMILES string of the molecule is C=CCSc1ccccc1NC(=O)Cn1cnc2scc(-c3ccccc3)c2c1=O. The molecule has 0 atom stereocenters. The van der Waals surface area contributed by atoms with Crippen molar-refractivity contribution in [3.63, 3.8) is 0 Å². The molecule has 0 saturated heterocycles. The second-order valence-electron chi connectivity index (χ2n) is 6.52. The number of nitrogens with one attached hydrogen (secondary N) is 1. The molecule has 4 aromatic rings. The van der Waals surface area contributed by atoms with Crippen molar-refractivity contribution >= 4 is 44.9 Å². The number of nitrogens with zero attached hydrogens (tertiary/aromatic N) is 2. The van der Waals surface area contributed by atoms with Gasteiger partial charge in [-0.2, -0.15) is 0 Å². The summed E-state index contributed by atoms with van der Waals surface area (Å²) in [5.41, 5.74) is 2.30. The van der Waals surface area contributed by atoms with Crippen LogP contribution in [-0.2, 0) is 11.3 Å². The van der Waals surface area contributed by atoms with E-state index in [-0.39, 0.29) is 18.0 Å². The van der Waals surface area contributed by atoms with Crippen molar-refractivity contribution in [2.75, 3.05) is 11.1 Å². The zero-order valence-corrected chi connectivity index (χ0v) is 17.7. The van der Waals surface area contributed by atoms with E-state index < -0.39 is 0 Å². The van der Waals surface area contributed by atoms with Gasteiger partial charge in [-0.1, -0.05) is 48.5 Å². The highest BCUT2D eigenvalue weighted by molar-refractivity contribution is 7.99. The molecule has 0 spiro atoms. The van der Waals surface area contributed by atoms with Crippen LogP contribution in [0.15, 0.2) is 88.6 Å². The van der Waals surface area contributed by atoms with Gasteiger partial charge in [0.15, 0.2) is 0 Å². The van der Waals surface area contributed by atoms with Gasteiger partial charge < -0.3 is 5.32 Å². The van der Waals surface area contributed by atoms with Crippen molar-refractivity contribution in [2.24, 2.45) is 0 Å². The second kappa shape index (κ2) is 9.11. The van der Waals surface area contributed by atoms with Gasteiger partial charge in [-0.25, -0.2) is 4.98 Å². The number of thiophene rings is 1. The zero-order valence-electron chi connectivity index (χ0n) is 16.1. The van der Waals surface area contributed by atoms with Crippen LogP contribution in [0, 0.1) is 0 Å². The number of aromatic nitrogens is 2. The molecule has 0 bridgehead atoms. The van der Waals surface area contributed by atoms with Gasteiger partial charge in [0, 0.05) is 21.6 Å². The fourth-order valence-electron chi connectivity index (χ4n) is 3.10. The number of thioether (sulfide) groups is 1. The summed E-state index contributed by atoms with van der Waals surface area (Å²) in [7, 11) is 0. The molecule has 4 rings (SSSR count). The summed E-state index contributed by atoms with van der Waals surface area (Å²) in [5.74, 6) is 0.467. The minimum atomic E-state index is -0.276. The number of amides is 1. The van der Waals surface area contributed by atoms with Crippen molar-refractivity contribution in [2.45, 2.75) is 11.4 Å². The molecule has 0 aliphatic carbocycles. The first kappa shape index (κ1) is 20.1. The Kier molecular flexibility index (Phi) is 6.11. The Bertz CT molecular complexity index is 1260. The number of hydrogen-bond acceptors (Lipinski definition) is 5. The molecule has 5 nitrogen and oxygen atoms in total. The topological polar surface area (TPSA) is 64.0 Å². The maximum Gasteiger partial charge on any atom is 0.263 e. The van der Waals surface area contributed by atoms with Crippen LogP contribution in [0.3, 0.4) is 0 Å². The predicted molar refractivity (Wildman–Crippen MR) is 125 cm³/mol. The minimum Gasteiger partial charge on any atom is -0.324 e. The number of carbonyl (C=O) groups is 1. The van der Waals surface area contributed by atoms with Crippen molar-refractivity contribution in [3.05, 3.63) is 89.3 Å². The van der Waals surface area contributed by atoms with Crippen LogP contribution in [0.25, 0.3) is 21.3 Å². The molecule has 0 aliphatic heterocycles. The molecule has 1 amide bonds. The maximum absolute atomic E-state index is 13.1. The fraction of sp³-hybridized carbons (Fsp3) is 0.0870. The smallest absolute Gasteiger partial charge is 0.263 e. The van der Waals surface area contributed by atoms with Gasteiger partial charge in [-0.3, -0.25) is 14.2 Å². The van der Waals surface area contributed by atoms with Crippen LogP contribution in [0.4, 0.5) is 5.69 Å². The number of fused-ring (bicyclic) bond motifs is 1. The van der Waals surface area contributed by atoms with E-state index in [0.29, 0.717) is 10.2 Å². The number of anilines is 1. The van der Waals surface area contributed by atoms with E-state index >= 15 is 0 Å². The van der Waals surface area contributed by atoms with E-state index in [1.807, 2.05) is 66.1 Å². The van der Waals surface area contributed by atoms with E-state index in [4.69, 9.17) is 0 Å². The summed E-state index contributed by atoms with van der Waals surface area (Å²) in [6.07, 6.45) is 3.25. The summed E-state index contributed by atoms with van der Waals surface area (Å²) in [4.78, 5) is 31.8. The summed E-state index contributed by atoms with van der Waals surface area (Å²) < 4.78 is 1.36. The lowest BCUT2D eigenvalue weighted by Gasteiger charge is -2.11. The molecule has 0 saturated carbocycles. The van der Waals surface area contributed by atoms with Crippen LogP contribution in [0.5, 0.6) is 0 Å². The van der Waals surface area contributed by atoms with Crippen LogP contribution in [0.1, 0.15) is 0 Å². The summed E-state index contributed by atoms with van der Waals surface area (Å²) >= 11 is 3.02. The molecule has 2 heterocycles. The van der Waals surface area contributed by atoms with Gasteiger partial charge in [0.05, 0.1) is 17.4 Å². The highest BCUT2D eigenvalue weighted by atomic mass is 32.2. The van der Waals surface area contributed by atoms with Crippen molar-refractivity contribution in [3.8, 4) is 11.1 Å². The van der Waals surface area contributed by atoms with Crippen LogP contribution in [0.2, 0.25) is 0 Å². The highest BCUT2D eigenvalue weighted by Gasteiger charge is 2.15. The normalized spacial score (nSPS) is 10.8. The van der Waals surface area contributed by atoms with Crippen molar-refractivity contribution < 1.29 is 4.79 Å². The third-order valence-corrected chi connectivity index (χ3v) is 6.43. The molecule has 0 aliphatic rings. The summed E-state index contributed by atoms with van der Waals surface area (Å²) in [6, 6.07) is 17.3. The van der Waals surface area contributed by atoms with Crippen molar-refractivity contribution in [1.29, 1.82) is 0 Å². The zero-order chi connectivity index (χ0) is 20.9. The highest BCUT2D eigenvalue weighted by Crippen LogP contribution is 2.30. The first-order chi connectivity index (χ1) is 14.7. The second-order valence-corrected chi connectivity index (χ2v) is 8.44. The van der Waals surface area contributed by atoms with Gasteiger partial charge in [-0.05, 0) is 17.7 Å². The number of para-hydroxylation sites is 1. The van der Waals surface area contributed by atoms with E-state index in [0.717, 1.165) is 27.5 Å². The van der Waals surface area contributed by atoms with Gasteiger partial charge in [0.2, 0.25) is 5.91 Å². The molecule has 1 N–H and O–H groups in total. The molecule has 2 aromatic heterocycles. The standard InChI is InChI=1S/C23H19N3O2S2/c1-2-12-29-19-11-7-6-10-18(19)25-20(27)13-26-15-24-22-21(23(26)28)17(14-30-22)16-8-4-3-5-9-16/h2-11,14-15H,1,12-13H2,(H,25,27). The van der Waals surface area contributed by atoms with Gasteiger partial charge in [0.1, 0.15) is 11.4 Å². The third kappa shape index (κ3) is 4.22. The number of benzene rings is 2. The summed E-state index contributed by atoms with van der Waals surface area (Å²) in [5, 5.41) is 5.39. The Morgan fingerprint density at radius 3 is 2.73 bits per heavy atom. The Morgan fingerprint density at radius 1 is 1.17 bits per heavy atom. The Hall–Kier alpha value is -3.16. The average molecular weight is 434 g/mol. The molecule has 150 valence electrons. The summed E-state index contributed by atoms with van der Waals surface area (Å²) in [6.45, 7) is 3.62. The largest absolute Gasteiger partial charge is 0.324 e. The lowest BCUT2D eigenvalue weighted by molar-refractivity contribution is -0.116. The molecule has 0 fully saturated rings. The van der Waals surface area contributed by atoms with Crippen molar-refractivity contribution in [1.82, 2.24) is 9.55 Å². The van der Waals surface area contributed by atoms with Gasteiger partial charge in [0.25, 0.3) is 5.56 Å². The van der Waals surface area contributed by atoms with Crippen LogP contribution < -0.4 is 10.9 Å². The van der Waals surface area contributed by atoms with E-state index in [2.05, 4.69) is 16.9 Å². The Morgan fingerprint density at radius 2 is 1.93 bits per heavy atom. The molecule has 0 radical (unpaired) electrons. The van der Waals surface area contributed by atoms with Crippen LogP contribution in [-0.4, -0.2) is 21.2 Å². The molecule has 30 heavy (non-hydrogen) atoms. The van der Waals surface area contributed by atoms with E-state index in [1.165, 1.54) is 22.2 Å². The fourth-order valence-corrected chi connectivity index (χ4v) is 4.75. The first-order valence-electron chi connectivity index (χ1n) is 9.32. The number of hydrogen-bond donors (Lipinski definition) is 1. The van der Waals surface area contributed by atoms with E-state index in [1.54, 1.807) is 11.8 Å². The van der Waals surface area contributed by atoms with Gasteiger partial charge in [-0.15, -0.1) is 29.7 Å². The molecule has 0 unspecified atom stereocenters. The van der Waals surface area contributed by atoms with E-state index in [9.17, 15) is 9.59 Å². The average Bonchev–Trinajstić information content (AvgIpc) is 3.21. The van der Waals surface area contributed by atoms with Crippen LogP contribution >= 0.6 is 23.1 Å². The lowest BCUT2D eigenvalue weighted by Crippen LogP contribution is -2.28. The molecular weight excluding hydrogens is 414 g/mol. The number of rotatable bonds is 7. The van der Waals surface area contributed by atoms with Gasteiger partial charge >= 0.3 is 0 Å².